The number of carbonyl (C=O) groups excluding carboxylic acids is 2. The molecule has 152 valence electrons. The second-order valence-electron chi connectivity index (χ2n) is 6.75. The maximum absolute atomic E-state index is 13.3. The van der Waals surface area contributed by atoms with Crippen LogP contribution in [0.3, 0.4) is 0 Å². The molecule has 1 saturated heterocycles. The molecule has 1 aliphatic heterocycles. The molecular weight excluding hydrogens is 391 g/mol. The number of hydrogen-bond donors (Lipinski definition) is 1. The summed E-state index contributed by atoms with van der Waals surface area (Å²) in [5, 5.41) is 14.8. The molecule has 1 atom stereocenters. The Hall–Kier alpha value is -3.94. The van der Waals surface area contributed by atoms with E-state index < -0.39 is 29.3 Å². The van der Waals surface area contributed by atoms with Gasteiger partial charge in [0.1, 0.15) is 23.1 Å². The number of halogens is 1. The van der Waals surface area contributed by atoms with E-state index in [2.05, 4.69) is 5.16 Å². The van der Waals surface area contributed by atoms with Gasteiger partial charge in [0.25, 0.3) is 5.78 Å². The van der Waals surface area contributed by atoms with E-state index in [0.29, 0.717) is 17.1 Å². The molecule has 2 aromatic carbocycles. The van der Waals surface area contributed by atoms with Crippen LogP contribution in [-0.2, 0) is 9.59 Å². The number of ketones is 1. The molecule has 0 saturated carbocycles. The molecule has 30 heavy (non-hydrogen) atoms. The number of aryl methyl sites for hydroxylation is 1. The Balaban J connectivity index is 1.95. The summed E-state index contributed by atoms with van der Waals surface area (Å²) in [5.74, 6) is -1.55. The van der Waals surface area contributed by atoms with Crippen LogP contribution in [-0.4, -0.2) is 29.1 Å². The Morgan fingerprint density at radius 3 is 2.53 bits per heavy atom. The van der Waals surface area contributed by atoms with Gasteiger partial charge in [0.15, 0.2) is 5.82 Å². The van der Waals surface area contributed by atoms with Gasteiger partial charge >= 0.3 is 5.91 Å². The van der Waals surface area contributed by atoms with E-state index in [9.17, 15) is 19.1 Å². The number of rotatable bonds is 4. The van der Waals surface area contributed by atoms with Crippen molar-refractivity contribution in [1.82, 2.24) is 5.16 Å². The fourth-order valence-electron chi connectivity index (χ4n) is 3.43. The van der Waals surface area contributed by atoms with Gasteiger partial charge in [-0.25, -0.2) is 4.39 Å². The minimum absolute atomic E-state index is 0.138. The lowest BCUT2D eigenvalue weighted by Gasteiger charge is -2.23. The van der Waals surface area contributed by atoms with Crippen molar-refractivity contribution < 1.29 is 28.3 Å². The van der Waals surface area contributed by atoms with Crippen molar-refractivity contribution in [1.29, 1.82) is 0 Å². The number of ether oxygens (including phenoxy) is 1. The summed E-state index contributed by atoms with van der Waals surface area (Å²) < 4.78 is 23.7. The van der Waals surface area contributed by atoms with Gasteiger partial charge in [-0.15, -0.1) is 0 Å². The van der Waals surface area contributed by atoms with E-state index in [4.69, 9.17) is 9.26 Å². The van der Waals surface area contributed by atoms with Crippen LogP contribution in [0.25, 0.3) is 5.76 Å². The number of hydrogen-bond acceptors (Lipinski definition) is 6. The standard InChI is InChI=1S/C22H17FN2O5/c1-12-10-17(24-30-12)25-19(14-4-3-5-16(11-14)29-2)18(21(27)22(25)28)20(26)13-6-8-15(23)9-7-13/h3-11,19,26H,1-2H3. The molecule has 3 aromatic rings. The molecule has 7 nitrogen and oxygen atoms in total. The first-order chi connectivity index (χ1) is 14.4. The molecule has 0 spiro atoms. The largest absolute Gasteiger partial charge is 0.507 e. The Kier molecular flexibility index (Phi) is 4.83. The molecular formula is C22H17FN2O5. The van der Waals surface area contributed by atoms with E-state index >= 15 is 0 Å². The maximum atomic E-state index is 13.3. The van der Waals surface area contributed by atoms with Crippen molar-refractivity contribution in [2.24, 2.45) is 0 Å². The number of aliphatic hydroxyl groups excluding tert-OH is 1. The summed E-state index contributed by atoms with van der Waals surface area (Å²) in [6.07, 6.45) is 0. The highest BCUT2D eigenvalue weighted by atomic mass is 19.1. The first kappa shape index (κ1) is 19.4. The molecule has 1 fully saturated rings. The van der Waals surface area contributed by atoms with Crippen molar-refractivity contribution in [2.75, 3.05) is 12.0 Å². The van der Waals surface area contributed by atoms with Gasteiger partial charge in [-0.05, 0) is 48.9 Å². The third kappa shape index (κ3) is 3.22. The number of aliphatic hydroxyl groups is 1. The monoisotopic (exact) mass is 408 g/mol. The lowest BCUT2D eigenvalue weighted by molar-refractivity contribution is -0.132. The topological polar surface area (TPSA) is 92.9 Å². The first-order valence-electron chi connectivity index (χ1n) is 9.05. The Bertz CT molecular complexity index is 1170. The number of Topliss-reactive ketones (excluding diaryl/α,β-unsaturated/α-hetero) is 1. The first-order valence-corrected chi connectivity index (χ1v) is 9.05. The van der Waals surface area contributed by atoms with Gasteiger partial charge in [-0.2, -0.15) is 0 Å². The zero-order valence-electron chi connectivity index (χ0n) is 16.1. The lowest BCUT2D eigenvalue weighted by atomic mass is 9.95. The van der Waals surface area contributed by atoms with Gasteiger partial charge in [0.2, 0.25) is 0 Å². The fraction of sp³-hybridized carbons (Fsp3) is 0.136. The highest BCUT2D eigenvalue weighted by Crippen LogP contribution is 2.42. The van der Waals surface area contributed by atoms with Crippen LogP contribution >= 0.6 is 0 Å². The number of amides is 1. The van der Waals surface area contributed by atoms with Crippen LogP contribution < -0.4 is 9.64 Å². The molecule has 0 bridgehead atoms. The van der Waals surface area contributed by atoms with Crippen molar-refractivity contribution >= 4 is 23.3 Å². The number of anilines is 1. The predicted molar refractivity (Wildman–Crippen MR) is 105 cm³/mol. The molecule has 1 amide bonds. The van der Waals surface area contributed by atoms with Gasteiger partial charge in [-0.3, -0.25) is 14.5 Å². The Labute approximate surface area is 171 Å². The Morgan fingerprint density at radius 1 is 1.17 bits per heavy atom. The van der Waals surface area contributed by atoms with E-state index in [1.54, 1.807) is 31.2 Å². The quantitative estimate of drug-likeness (QED) is 0.401. The van der Waals surface area contributed by atoms with Gasteiger partial charge in [0, 0.05) is 11.6 Å². The lowest BCUT2D eigenvalue weighted by Crippen LogP contribution is -2.29. The summed E-state index contributed by atoms with van der Waals surface area (Å²) in [4.78, 5) is 27.0. The fourth-order valence-corrected chi connectivity index (χ4v) is 3.43. The smallest absolute Gasteiger partial charge is 0.301 e. The third-order valence-corrected chi connectivity index (χ3v) is 4.83. The number of carbonyl (C=O) groups is 2. The number of methoxy groups -OCH3 is 1. The van der Waals surface area contributed by atoms with Gasteiger partial charge < -0.3 is 14.4 Å². The molecule has 1 aliphatic rings. The normalized spacial score (nSPS) is 18.1. The molecule has 8 heteroatoms. The van der Waals surface area contributed by atoms with Crippen LogP contribution in [0.2, 0.25) is 0 Å². The summed E-state index contributed by atoms with van der Waals surface area (Å²) in [6, 6.07) is 12.3. The number of benzene rings is 2. The molecule has 4 rings (SSSR count). The van der Waals surface area contributed by atoms with Crippen LogP contribution in [0.1, 0.15) is 22.9 Å². The van der Waals surface area contributed by atoms with Crippen molar-refractivity contribution in [3.05, 3.63) is 82.9 Å². The average molecular weight is 408 g/mol. The number of nitrogens with zero attached hydrogens (tertiary/aromatic N) is 2. The summed E-state index contributed by atoms with van der Waals surface area (Å²) in [7, 11) is 1.50. The van der Waals surface area contributed by atoms with E-state index in [1.807, 2.05) is 0 Å². The highest BCUT2D eigenvalue weighted by Gasteiger charge is 2.48. The molecule has 0 aliphatic carbocycles. The van der Waals surface area contributed by atoms with Gasteiger partial charge in [0.05, 0.1) is 18.7 Å². The molecule has 1 unspecified atom stereocenters. The van der Waals surface area contributed by atoms with Crippen LogP contribution in [0.15, 0.2) is 64.7 Å². The Morgan fingerprint density at radius 2 is 1.90 bits per heavy atom. The van der Waals surface area contributed by atoms with Crippen LogP contribution in [0.5, 0.6) is 5.75 Å². The zero-order valence-corrected chi connectivity index (χ0v) is 16.1. The molecule has 0 radical (unpaired) electrons. The van der Waals surface area contributed by atoms with E-state index in [-0.39, 0.29) is 17.0 Å². The number of aromatic nitrogens is 1. The SMILES string of the molecule is COc1cccc(C2C(=C(O)c3ccc(F)cc3)C(=O)C(=O)N2c2cc(C)on2)c1. The van der Waals surface area contributed by atoms with Crippen LogP contribution in [0.4, 0.5) is 10.2 Å². The van der Waals surface area contributed by atoms with Crippen molar-refractivity contribution in [2.45, 2.75) is 13.0 Å². The maximum Gasteiger partial charge on any atom is 0.301 e. The summed E-state index contributed by atoms with van der Waals surface area (Å²) in [6.45, 7) is 1.66. The summed E-state index contributed by atoms with van der Waals surface area (Å²) in [5.41, 5.74) is 0.594. The third-order valence-electron chi connectivity index (χ3n) is 4.83. The van der Waals surface area contributed by atoms with Crippen molar-refractivity contribution in [3.63, 3.8) is 0 Å². The second kappa shape index (κ2) is 7.47. The zero-order chi connectivity index (χ0) is 21.4. The highest BCUT2D eigenvalue weighted by molar-refractivity contribution is 6.51. The van der Waals surface area contributed by atoms with E-state index in [1.165, 1.54) is 30.2 Å². The van der Waals surface area contributed by atoms with Crippen molar-refractivity contribution in [3.8, 4) is 5.75 Å². The van der Waals surface area contributed by atoms with E-state index in [0.717, 1.165) is 12.1 Å². The van der Waals surface area contributed by atoms with Gasteiger partial charge in [-0.1, -0.05) is 17.3 Å². The minimum Gasteiger partial charge on any atom is -0.507 e. The molecule has 2 heterocycles. The second-order valence-corrected chi connectivity index (χ2v) is 6.75. The molecule has 1 aromatic heterocycles. The predicted octanol–water partition coefficient (Wildman–Crippen LogP) is 3.76. The van der Waals surface area contributed by atoms with Crippen LogP contribution in [0, 0.1) is 12.7 Å². The minimum atomic E-state index is -0.977. The summed E-state index contributed by atoms with van der Waals surface area (Å²) >= 11 is 0. The average Bonchev–Trinajstić information content (AvgIpc) is 3.29. The molecule has 1 N–H and O–H groups in total.